The number of sulfonamides is 1. The first kappa shape index (κ1) is 20.0. The molecule has 1 atom stereocenters. The lowest BCUT2D eigenvalue weighted by atomic mass is 9.95. The van der Waals surface area contributed by atoms with E-state index in [0.29, 0.717) is 12.1 Å². The number of carbonyl (C=O) groups is 1. The normalized spacial score (nSPS) is 17.5. The van der Waals surface area contributed by atoms with Gasteiger partial charge in [0, 0.05) is 12.2 Å². The highest BCUT2D eigenvalue weighted by atomic mass is 32.2. The van der Waals surface area contributed by atoms with Crippen molar-refractivity contribution in [3.8, 4) is 11.1 Å². The number of anilines is 1. The smallest absolute Gasteiger partial charge is 0.243 e. The minimum Gasteiger partial charge on any atom is -0.325 e. The number of benzene rings is 3. The molecular formula is C25H24N2O3S. The molecular weight excluding hydrogens is 408 g/mol. The monoisotopic (exact) mass is 432 g/mol. The van der Waals surface area contributed by atoms with E-state index < -0.39 is 16.1 Å². The van der Waals surface area contributed by atoms with Gasteiger partial charge in [0.15, 0.2) is 0 Å². The van der Waals surface area contributed by atoms with E-state index in [1.54, 1.807) is 6.92 Å². The van der Waals surface area contributed by atoms with Crippen LogP contribution in [0.1, 0.15) is 29.2 Å². The van der Waals surface area contributed by atoms with Crippen LogP contribution in [0.15, 0.2) is 66.7 Å². The SMILES string of the molecule is CCS(=O)(=O)N1Cc2ccccc2C[C@H]1C(=O)Nc1ccc2c(c1)Cc1ccccc1-2. The number of fused-ring (bicyclic) bond motifs is 4. The molecule has 5 nitrogen and oxygen atoms in total. The fourth-order valence-corrected chi connectivity index (χ4v) is 5.85. The van der Waals surface area contributed by atoms with Gasteiger partial charge in [-0.25, -0.2) is 8.42 Å². The van der Waals surface area contributed by atoms with Crippen LogP contribution in [0.4, 0.5) is 5.69 Å². The Hall–Kier alpha value is -2.96. The zero-order valence-corrected chi connectivity index (χ0v) is 18.2. The standard InChI is InChI=1S/C25H24N2O3S/c1-2-31(29,30)27-16-19-9-4-3-7-17(19)15-24(27)25(28)26-21-11-12-23-20(14-21)13-18-8-5-6-10-22(18)23/h3-12,14,24H,2,13,15-16H2,1H3,(H,26,28)/t24-/m0/s1. The summed E-state index contributed by atoms with van der Waals surface area (Å²) >= 11 is 0. The van der Waals surface area contributed by atoms with Gasteiger partial charge in [-0.15, -0.1) is 0 Å². The van der Waals surface area contributed by atoms with Crippen molar-refractivity contribution in [2.75, 3.05) is 11.1 Å². The van der Waals surface area contributed by atoms with E-state index in [1.165, 1.54) is 26.6 Å². The average molecular weight is 433 g/mol. The molecule has 2 aliphatic rings. The van der Waals surface area contributed by atoms with Crippen LogP contribution in [0.25, 0.3) is 11.1 Å². The maximum Gasteiger partial charge on any atom is 0.243 e. The van der Waals surface area contributed by atoms with E-state index in [2.05, 4.69) is 17.4 Å². The highest BCUT2D eigenvalue weighted by molar-refractivity contribution is 7.89. The number of hydrogen-bond donors (Lipinski definition) is 1. The molecule has 0 saturated heterocycles. The Labute approximate surface area is 182 Å². The molecule has 0 aromatic heterocycles. The minimum absolute atomic E-state index is 0.0317. The Morgan fingerprint density at radius 3 is 2.39 bits per heavy atom. The van der Waals surface area contributed by atoms with Crippen molar-refractivity contribution in [1.82, 2.24) is 4.31 Å². The van der Waals surface area contributed by atoms with Crippen molar-refractivity contribution in [2.45, 2.75) is 32.4 Å². The zero-order chi connectivity index (χ0) is 21.6. The van der Waals surface area contributed by atoms with Crippen LogP contribution in [-0.4, -0.2) is 30.4 Å². The summed E-state index contributed by atoms with van der Waals surface area (Å²) in [5.41, 5.74) is 7.56. The first-order chi connectivity index (χ1) is 15.0. The maximum absolute atomic E-state index is 13.3. The topological polar surface area (TPSA) is 66.5 Å². The maximum atomic E-state index is 13.3. The molecule has 5 rings (SSSR count). The summed E-state index contributed by atoms with van der Waals surface area (Å²) in [6.07, 6.45) is 1.21. The van der Waals surface area contributed by atoms with E-state index in [1.807, 2.05) is 54.6 Å². The quantitative estimate of drug-likeness (QED) is 0.531. The van der Waals surface area contributed by atoms with Gasteiger partial charge in [-0.2, -0.15) is 4.31 Å². The molecule has 31 heavy (non-hydrogen) atoms. The van der Waals surface area contributed by atoms with Crippen molar-refractivity contribution < 1.29 is 13.2 Å². The van der Waals surface area contributed by atoms with Crippen molar-refractivity contribution in [3.05, 3.63) is 89.0 Å². The predicted octanol–water partition coefficient (Wildman–Crippen LogP) is 3.97. The van der Waals surface area contributed by atoms with Gasteiger partial charge in [0.2, 0.25) is 15.9 Å². The van der Waals surface area contributed by atoms with E-state index >= 15 is 0 Å². The number of rotatable bonds is 4. The Bertz CT molecular complexity index is 1280. The summed E-state index contributed by atoms with van der Waals surface area (Å²) in [6, 6.07) is 21.2. The highest BCUT2D eigenvalue weighted by Gasteiger charge is 2.38. The Kier molecular flexibility index (Phi) is 4.91. The lowest BCUT2D eigenvalue weighted by molar-refractivity contribution is -0.120. The number of carbonyl (C=O) groups excluding carboxylic acids is 1. The molecule has 1 heterocycles. The van der Waals surface area contributed by atoms with Gasteiger partial charge >= 0.3 is 0 Å². The van der Waals surface area contributed by atoms with Gasteiger partial charge in [-0.05, 0) is 65.3 Å². The molecule has 0 bridgehead atoms. The summed E-state index contributed by atoms with van der Waals surface area (Å²) in [5.74, 6) is -0.322. The predicted molar refractivity (Wildman–Crippen MR) is 122 cm³/mol. The Morgan fingerprint density at radius 2 is 1.61 bits per heavy atom. The summed E-state index contributed by atoms with van der Waals surface area (Å²) in [6.45, 7) is 1.84. The van der Waals surface area contributed by atoms with E-state index in [9.17, 15) is 13.2 Å². The fraction of sp³-hybridized carbons (Fsp3) is 0.240. The highest BCUT2D eigenvalue weighted by Crippen LogP contribution is 2.37. The number of nitrogens with one attached hydrogen (secondary N) is 1. The van der Waals surface area contributed by atoms with Crippen LogP contribution in [0.3, 0.4) is 0 Å². The molecule has 6 heteroatoms. The molecule has 3 aromatic carbocycles. The minimum atomic E-state index is -3.52. The van der Waals surface area contributed by atoms with E-state index in [-0.39, 0.29) is 18.2 Å². The van der Waals surface area contributed by atoms with Crippen molar-refractivity contribution in [3.63, 3.8) is 0 Å². The third-order valence-corrected chi connectivity index (χ3v) is 8.12. The molecule has 3 aromatic rings. The first-order valence-corrected chi connectivity index (χ1v) is 12.2. The van der Waals surface area contributed by atoms with Gasteiger partial charge in [0.25, 0.3) is 0 Å². The molecule has 1 aliphatic heterocycles. The molecule has 0 fully saturated rings. The van der Waals surface area contributed by atoms with Crippen LogP contribution in [0.5, 0.6) is 0 Å². The van der Waals surface area contributed by atoms with Crippen LogP contribution in [-0.2, 0) is 34.2 Å². The van der Waals surface area contributed by atoms with E-state index in [4.69, 9.17) is 0 Å². The van der Waals surface area contributed by atoms with E-state index in [0.717, 1.165) is 17.5 Å². The summed E-state index contributed by atoms with van der Waals surface area (Å²) in [7, 11) is -3.52. The molecule has 1 amide bonds. The average Bonchev–Trinajstić information content (AvgIpc) is 3.16. The van der Waals surface area contributed by atoms with Gasteiger partial charge < -0.3 is 5.32 Å². The molecule has 0 radical (unpaired) electrons. The molecule has 158 valence electrons. The summed E-state index contributed by atoms with van der Waals surface area (Å²) in [4.78, 5) is 13.3. The molecule has 1 N–H and O–H groups in total. The first-order valence-electron chi connectivity index (χ1n) is 10.5. The molecule has 0 unspecified atom stereocenters. The van der Waals surface area contributed by atoms with Crippen LogP contribution in [0.2, 0.25) is 0 Å². The molecule has 0 saturated carbocycles. The second-order valence-electron chi connectivity index (χ2n) is 8.13. The summed E-state index contributed by atoms with van der Waals surface area (Å²) < 4.78 is 26.9. The second-order valence-corrected chi connectivity index (χ2v) is 10.3. The number of amides is 1. The van der Waals surface area contributed by atoms with Crippen molar-refractivity contribution in [2.24, 2.45) is 0 Å². The number of nitrogens with zero attached hydrogens (tertiary/aromatic N) is 1. The van der Waals surface area contributed by atoms with Gasteiger partial charge in [-0.1, -0.05) is 54.6 Å². The van der Waals surface area contributed by atoms with Crippen LogP contribution < -0.4 is 5.32 Å². The van der Waals surface area contributed by atoms with Crippen molar-refractivity contribution >= 4 is 21.6 Å². The zero-order valence-electron chi connectivity index (χ0n) is 17.3. The lowest BCUT2D eigenvalue weighted by Crippen LogP contribution is -2.51. The lowest BCUT2D eigenvalue weighted by Gasteiger charge is -2.34. The van der Waals surface area contributed by atoms with Crippen LogP contribution >= 0.6 is 0 Å². The van der Waals surface area contributed by atoms with Gasteiger partial charge in [-0.3, -0.25) is 4.79 Å². The van der Waals surface area contributed by atoms with Gasteiger partial charge in [0.1, 0.15) is 6.04 Å². The summed E-state index contributed by atoms with van der Waals surface area (Å²) in [5, 5.41) is 2.98. The third kappa shape index (κ3) is 3.56. The fourth-order valence-electron chi connectivity index (χ4n) is 4.63. The third-order valence-electron chi connectivity index (χ3n) is 6.29. The van der Waals surface area contributed by atoms with Crippen LogP contribution in [0, 0.1) is 0 Å². The second kappa shape index (κ2) is 7.62. The number of hydrogen-bond acceptors (Lipinski definition) is 3. The van der Waals surface area contributed by atoms with Crippen molar-refractivity contribution in [1.29, 1.82) is 0 Å². The molecule has 0 spiro atoms. The molecule has 1 aliphatic carbocycles. The Balaban J connectivity index is 1.42. The van der Waals surface area contributed by atoms with Gasteiger partial charge in [0.05, 0.1) is 5.75 Å². The largest absolute Gasteiger partial charge is 0.325 e. The Morgan fingerprint density at radius 1 is 0.935 bits per heavy atom.